The van der Waals surface area contributed by atoms with E-state index in [2.05, 4.69) is 27.5 Å². The average Bonchev–Trinajstić information content (AvgIpc) is 3.06. The van der Waals surface area contributed by atoms with E-state index in [0.29, 0.717) is 5.92 Å². The van der Waals surface area contributed by atoms with Crippen molar-refractivity contribution in [1.29, 1.82) is 0 Å². The van der Waals surface area contributed by atoms with Gasteiger partial charge in [-0.1, -0.05) is 13.3 Å². The lowest BCUT2D eigenvalue weighted by Crippen LogP contribution is -2.14. The summed E-state index contributed by atoms with van der Waals surface area (Å²) in [5, 5.41) is 5.59. The van der Waals surface area contributed by atoms with Crippen LogP contribution in [0.1, 0.15) is 31.9 Å². The minimum absolute atomic E-state index is 0.0231. The second-order valence-corrected chi connectivity index (χ2v) is 4.75. The van der Waals surface area contributed by atoms with E-state index in [1.165, 1.54) is 7.05 Å². The molecule has 7 heteroatoms. The molecule has 0 radical (unpaired) electrons. The zero-order chi connectivity index (χ0) is 14.0. The zero-order valence-corrected chi connectivity index (χ0v) is 10.9. The summed E-state index contributed by atoms with van der Waals surface area (Å²) < 4.78 is 38.1. The van der Waals surface area contributed by atoms with E-state index in [0.717, 1.165) is 25.3 Å². The fourth-order valence-electron chi connectivity index (χ4n) is 2.08. The van der Waals surface area contributed by atoms with Crippen LogP contribution < -0.4 is 10.6 Å². The summed E-state index contributed by atoms with van der Waals surface area (Å²) >= 11 is 0. The van der Waals surface area contributed by atoms with Crippen molar-refractivity contribution in [1.82, 2.24) is 9.97 Å². The summed E-state index contributed by atoms with van der Waals surface area (Å²) in [6.45, 7) is 2.10. The molecular formula is C12H17F3N4. The predicted molar refractivity (Wildman–Crippen MR) is 67.0 cm³/mol. The summed E-state index contributed by atoms with van der Waals surface area (Å²) in [7, 11) is 1.50. The Bertz CT molecular complexity index is 447. The fraction of sp³-hybridized carbons (Fsp3) is 0.667. The van der Waals surface area contributed by atoms with Gasteiger partial charge in [0.25, 0.3) is 0 Å². The molecule has 19 heavy (non-hydrogen) atoms. The normalized spacial score (nSPS) is 22.2. The molecule has 1 fully saturated rings. The van der Waals surface area contributed by atoms with E-state index in [1.807, 2.05) is 0 Å². The van der Waals surface area contributed by atoms with Gasteiger partial charge in [0.05, 0.1) is 0 Å². The zero-order valence-electron chi connectivity index (χ0n) is 10.9. The summed E-state index contributed by atoms with van der Waals surface area (Å²) in [6.07, 6.45) is -1.29. The SMILES string of the molecule is CCCC1CC1Nc1cc(C(F)(F)F)nc(NC)n1. The van der Waals surface area contributed by atoms with Crippen molar-refractivity contribution in [3.05, 3.63) is 11.8 Å². The van der Waals surface area contributed by atoms with Crippen LogP contribution in [0.15, 0.2) is 6.07 Å². The molecule has 0 aromatic carbocycles. The predicted octanol–water partition coefficient (Wildman–Crippen LogP) is 3.14. The maximum atomic E-state index is 12.7. The van der Waals surface area contributed by atoms with Gasteiger partial charge in [-0.2, -0.15) is 18.2 Å². The molecule has 2 atom stereocenters. The average molecular weight is 274 g/mol. The van der Waals surface area contributed by atoms with Gasteiger partial charge in [-0.3, -0.25) is 0 Å². The van der Waals surface area contributed by atoms with E-state index < -0.39 is 11.9 Å². The van der Waals surface area contributed by atoms with Crippen LogP contribution in [0.25, 0.3) is 0 Å². The lowest BCUT2D eigenvalue weighted by atomic mass is 10.2. The number of rotatable bonds is 5. The third-order valence-electron chi connectivity index (χ3n) is 3.16. The van der Waals surface area contributed by atoms with Crippen molar-refractivity contribution in [2.24, 2.45) is 5.92 Å². The van der Waals surface area contributed by atoms with Gasteiger partial charge in [-0.05, 0) is 18.8 Å². The van der Waals surface area contributed by atoms with E-state index in [1.54, 1.807) is 0 Å². The van der Waals surface area contributed by atoms with Crippen LogP contribution >= 0.6 is 0 Å². The summed E-state index contributed by atoms with van der Waals surface area (Å²) in [4.78, 5) is 7.43. The summed E-state index contributed by atoms with van der Waals surface area (Å²) in [6, 6.07) is 1.20. The molecular weight excluding hydrogens is 257 g/mol. The Balaban J connectivity index is 2.12. The second-order valence-electron chi connectivity index (χ2n) is 4.75. The Kier molecular flexibility index (Phi) is 3.82. The maximum absolute atomic E-state index is 12.7. The van der Waals surface area contributed by atoms with Gasteiger partial charge in [0.15, 0.2) is 5.69 Å². The molecule has 4 nitrogen and oxygen atoms in total. The highest BCUT2D eigenvalue weighted by atomic mass is 19.4. The number of aromatic nitrogens is 2. The monoisotopic (exact) mass is 274 g/mol. The van der Waals surface area contributed by atoms with E-state index >= 15 is 0 Å². The molecule has 2 N–H and O–H groups in total. The highest BCUT2D eigenvalue weighted by Gasteiger charge is 2.37. The van der Waals surface area contributed by atoms with Gasteiger partial charge in [0, 0.05) is 19.2 Å². The fourth-order valence-corrected chi connectivity index (χ4v) is 2.08. The van der Waals surface area contributed by atoms with E-state index in [-0.39, 0.29) is 17.8 Å². The Morgan fingerprint density at radius 1 is 1.37 bits per heavy atom. The van der Waals surface area contributed by atoms with Crippen LogP contribution in [0, 0.1) is 5.92 Å². The molecule has 1 heterocycles. The molecule has 1 saturated carbocycles. The van der Waals surface area contributed by atoms with E-state index in [4.69, 9.17) is 0 Å². The Morgan fingerprint density at radius 3 is 2.68 bits per heavy atom. The largest absolute Gasteiger partial charge is 0.433 e. The van der Waals surface area contributed by atoms with Gasteiger partial charge in [0.1, 0.15) is 5.82 Å². The Morgan fingerprint density at radius 2 is 2.11 bits per heavy atom. The van der Waals surface area contributed by atoms with Gasteiger partial charge in [-0.15, -0.1) is 0 Å². The molecule has 1 aliphatic rings. The van der Waals surface area contributed by atoms with Gasteiger partial charge in [-0.25, -0.2) is 4.98 Å². The molecule has 106 valence electrons. The third kappa shape index (κ3) is 3.48. The summed E-state index contributed by atoms with van der Waals surface area (Å²) in [5.41, 5.74) is -0.929. The number of halogens is 3. The second kappa shape index (κ2) is 5.22. The smallest absolute Gasteiger partial charge is 0.367 e. The standard InChI is InChI=1S/C12H17F3N4/c1-3-4-7-5-8(7)17-10-6-9(12(13,14)15)18-11(16-2)19-10/h6-8H,3-5H2,1-2H3,(H2,16,17,18,19). The highest BCUT2D eigenvalue weighted by molar-refractivity contribution is 5.44. The van der Waals surface area contributed by atoms with Crippen LogP contribution in [-0.2, 0) is 6.18 Å². The Labute approximate surface area is 109 Å². The van der Waals surface area contributed by atoms with Crippen LogP contribution in [0.3, 0.4) is 0 Å². The molecule has 1 aliphatic carbocycles. The Hall–Kier alpha value is -1.53. The minimum atomic E-state index is -4.46. The number of alkyl halides is 3. The van der Waals surface area contributed by atoms with Crippen LogP contribution in [0.5, 0.6) is 0 Å². The van der Waals surface area contributed by atoms with Crippen molar-refractivity contribution in [2.45, 2.75) is 38.4 Å². The first-order valence-corrected chi connectivity index (χ1v) is 6.34. The first-order chi connectivity index (χ1) is 8.94. The molecule has 0 amide bonds. The molecule has 0 bridgehead atoms. The van der Waals surface area contributed by atoms with Crippen LogP contribution in [0.2, 0.25) is 0 Å². The van der Waals surface area contributed by atoms with Crippen molar-refractivity contribution >= 4 is 11.8 Å². The first-order valence-electron chi connectivity index (χ1n) is 6.34. The lowest BCUT2D eigenvalue weighted by molar-refractivity contribution is -0.141. The topological polar surface area (TPSA) is 49.8 Å². The lowest BCUT2D eigenvalue weighted by Gasteiger charge is -2.11. The maximum Gasteiger partial charge on any atom is 0.433 e. The van der Waals surface area contributed by atoms with Gasteiger partial charge < -0.3 is 10.6 Å². The first kappa shape index (κ1) is 13.9. The molecule has 2 rings (SSSR count). The number of anilines is 2. The molecule has 1 aromatic heterocycles. The molecule has 0 aliphatic heterocycles. The molecule has 0 spiro atoms. The molecule has 2 unspecified atom stereocenters. The van der Waals surface area contributed by atoms with Crippen molar-refractivity contribution < 1.29 is 13.2 Å². The number of hydrogen-bond donors (Lipinski definition) is 2. The number of nitrogens with zero attached hydrogens (tertiary/aromatic N) is 2. The van der Waals surface area contributed by atoms with Gasteiger partial charge in [0.2, 0.25) is 5.95 Å². The van der Waals surface area contributed by atoms with Gasteiger partial charge >= 0.3 is 6.18 Å². The van der Waals surface area contributed by atoms with E-state index in [9.17, 15) is 13.2 Å². The molecule has 1 aromatic rings. The molecule has 0 saturated heterocycles. The summed E-state index contributed by atoms with van der Waals surface area (Å²) in [5.74, 6) is 0.757. The van der Waals surface area contributed by atoms with Crippen molar-refractivity contribution in [3.8, 4) is 0 Å². The highest BCUT2D eigenvalue weighted by Crippen LogP contribution is 2.37. The van der Waals surface area contributed by atoms with Crippen LogP contribution in [-0.4, -0.2) is 23.1 Å². The quantitative estimate of drug-likeness (QED) is 0.866. The third-order valence-corrected chi connectivity index (χ3v) is 3.16. The van der Waals surface area contributed by atoms with Crippen molar-refractivity contribution in [2.75, 3.05) is 17.7 Å². The minimum Gasteiger partial charge on any atom is -0.367 e. The number of nitrogens with one attached hydrogen (secondary N) is 2. The van der Waals surface area contributed by atoms with Crippen LogP contribution in [0.4, 0.5) is 24.9 Å². The van der Waals surface area contributed by atoms with Crippen molar-refractivity contribution in [3.63, 3.8) is 0 Å². The number of hydrogen-bond acceptors (Lipinski definition) is 4.